The smallest absolute Gasteiger partial charge is 0.337 e. The number of nitriles is 1. The van der Waals surface area contributed by atoms with Crippen molar-refractivity contribution in [3.63, 3.8) is 0 Å². The molecule has 1 heterocycles. The Kier molecular flexibility index (Phi) is 4.67. The topological polar surface area (TPSA) is 77.2 Å². The molecule has 0 bridgehead atoms. The standard InChI is InChI=1S/C13H17N3O2/c1-9(2)16(8-4-7-14)12-6-5-11(13(17)18)10(3)15-12/h5-6,9H,4,8H2,1-3H3,(H,17,18). The second-order valence-corrected chi connectivity index (χ2v) is 4.30. The van der Waals surface area contributed by atoms with Gasteiger partial charge in [0, 0.05) is 12.6 Å². The molecule has 1 aromatic heterocycles. The monoisotopic (exact) mass is 247 g/mol. The van der Waals surface area contributed by atoms with Crippen LogP contribution in [0.1, 0.15) is 36.3 Å². The first-order valence-electron chi connectivity index (χ1n) is 5.82. The van der Waals surface area contributed by atoms with Crippen molar-refractivity contribution in [3.05, 3.63) is 23.4 Å². The molecule has 18 heavy (non-hydrogen) atoms. The summed E-state index contributed by atoms with van der Waals surface area (Å²) in [6.45, 7) is 6.29. The van der Waals surface area contributed by atoms with Crippen molar-refractivity contribution in [2.45, 2.75) is 33.2 Å². The van der Waals surface area contributed by atoms with Crippen molar-refractivity contribution < 1.29 is 9.90 Å². The van der Waals surface area contributed by atoms with Gasteiger partial charge in [0.2, 0.25) is 0 Å². The molecule has 0 radical (unpaired) electrons. The number of rotatable bonds is 5. The normalized spacial score (nSPS) is 10.2. The molecule has 0 atom stereocenters. The zero-order valence-electron chi connectivity index (χ0n) is 10.8. The van der Waals surface area contributed by atoms with Crippen molar-refractivity contribution in [3.8, 4) is 6.07 Å². The number of aryl methyl sites for hydroxylation is 1. The van der Waals surface area contributed by atoms with E-state index in [2.05, 4.69) is 11.1 Å². The first kappa shape index (κ1) is 14.0. The fourth-order valence-corrected chi connectivity index (χ4v) is 1.74. The van der Waals surface area contributed by atoms with Crippen LogP contribution in [0.2, 0.25) is 0 Å². The highest BCUT2D eigenvalue weighted by Gasteiger charge is 2.14. The van der Waals surface area contributed by atoms with E-state index < -0.39 is 5.97 Å². The van der Waals surface area contributed by atoms with Gasteiger partial charge in [-0.2, -0.15) is 5.26 Å². The van der Waals surface area contributed by atoms with Gasteiger partial charge in [0.15, 0.2) is 0 Å². The third kappa shape index (κ3) is 3.20. The van der Waals surface area contributed by atoms with Gasteiger partial charge in [-0.25, -0.2) is 9.78 Å². The molecule has 5 heteroatoms. The molecule has 0 fully saturated rings. The van der Waals surface area contributed by atoms with Crippen LogP contribution in [0.15, 0.2) is 12.1 Å². The fourth-order valence-electron chi connectivity index (χ4n) is 1.74. The highest BCUT2D eigenvalue weighted by molar-refractivity contribution is 5.89. The van der Waals surface area contributed by atoms with Gasteiger partial charge in [-0.3, -0.25) is 0 Å². The maximum absolute atomic E-state index is 10.9. The molecule has 0 saturated heterocycles. The van der Waals surface area contributed by atoms with E-state index in [4.69, 9.17) is 10.4 Å². The molecule has 1 aromatic rings. The summed E-state index contributed by atoms with van der Waals surface area (Å²) in [7, 11) is 0. The molecular weight excluding hydrogens is 230 g/mol. The highest BCUT2D eigenvalue weighted by atomic mass is 16.4. The van der Waals surface area contributed by atoms with Gasteiger partial charge < -0.3 is 10.0 Å². The average Bonchev–Trinajstić information content (AvgIpc) is 2.28. The van der Waals surface area contributed by atoms with Crippen LogP contribution < -0.4 is 4.90 Å². The largest absolute Gasteiger partial charge is 0.478 e. The Morgan fingerprint density at radius 3 is 2.67 bits per heavy atom. The molecule has 0 amide bonds. The predicted molar refractivity (Wildman–Crippen MR) is 68.6 cm³/mol. The zero-order valence-corrected chi connectivity index (χ0v) is 10.8. The summed E-state index contributed by atoms with van der Waals surface area (Å²) in [4.78, 5) is 17.2. The van der Waals surface area contributed by atoms with Gasteiger partial charge >= 0.3 is 5.97 Å². The highest BCUT2D eigenvalue weighted by Crippen LogP contribution is 2.17. The van der Waals surface area contributed by atoms with E-state index >= 15 is 0 Å². The Hall–Kier alpha value is -2.09. The predicted octanol–water partition coefficient (Wildman–Crippen LogP) is 2.22. The molecule has 1 N–H and O–H groups in total. The van der Waals surface area contributed by atoms with Gasteiger partial charge in [0.05, 0.1) is 23.7 Å². The van der Waals surface area contributed by atoms with E-state index in [1.807, 2.05) is 18.7 Å². The minimum Gasteiger partial charge on any atom is -0.478 e. The zero-order chi connectivity index (χ0) is 13.7. The second kappa shape index (κ2) is 6.01. The van der Waals surface area contributed by atoms with Crippen molar-refractivity contribution >= 4 is 11.8 Å². The second-order valence-electron chi connectivity index (χ2n) is 4.30. The maximum Gasteiger partial charge on any atom is 0.337 e. The van der Waals surface area contributed by atoms with E-state index in [0.717, 1.165) is 0 Å². The third-order valence-corrected chi connectivity index (χ3v) is 2.68. The molecular formula is C13H17N3O2. The van der Waals surface area contributed by atoms with Gasteiger partial charge in [0.1, 0.15) is 5.82 Å². The molecule has 0 spiro atoms. The summed E-state index contributed by atoms with van der Waals surface area (Å²) >= 11 is 0. The van der Waals surface area contributed by atoms with Crippen LogP contribution in [0, 0.1) is 18.3 Å². The van der Waals surface area contributed by atoms with Crippen LogP contribution in [0.25, 0.3) is 0 Å². The molecule has 5 nitrogen and oxygen atoms in total. The Bertz CT molecular complexity index is 478. The summed E-state index contributed by atoms with van der Waals surface area (Å²) in [5.74, 6) is -0.262. The third-order valence-electron chi connectivity index (χ3n) is 2.68. The Morgan fingerprint density at radius 1 is 1.56 bits per heavy atom. The molecule has 0 aromatic carbocycles. The number of hydrogen-bond donors (Lipinski definition) is 1. The molecule has 1 rings (SSSR count). The number of aromatic carboxylic acids is 1. The lowest BCUT2D eigenvalue weighted by Crippen LogP contribution is -2.32. The summed E-state index contributed by atoms with van der Waals surface area (Å²) in [6.07, 6.45) is 0.416. The average molecular weight is 247 g/mol. The summed E-state index contributed by atoms with van der Waals surface area (Å²) in [6, 6.07) is 5.56. The summed E-state index contributed by atoms with van der Waals surface area (Å²) in [5.41, 5.74) is 0.699. The van der Waals surface area contributed by atoms with Crippen molar-refractivity contribution in [1.82, 2.24) is 4.98 Å². The fraction of sp³-hybridized carbons (Fsp3) is 0.462. The number of aromatic nitrogens is 1. The SMILES string of the molecule is Cc1nc(N(CCC#N)C(C)C)ccc1C(=O)O. The van der Waals surface area contributed by atoms with Gasteiger partial charge in [0.25, 0.3) is 0 Å². The van der Waals surface area contributed by atoms with E-state index in [-0.39, 0.29) is 11.6 Å². The molecule has 96 valence electrons. The van der Waals surface area contributed by atoms with Gasteiger partial charge in [-0.15, -0.1) is 0 Å². The first-order valence-corrected chi connectivity index (χ1v) is 5.82. The molecule has 0 aliphatic heterocycles. The molecule has 0 saturated carbocycles. The van der Waals surface area contributed by atoms with Crippen molar-refractivity contribution in [2.75, 3.05) is 11.4 Å². The number of carboxylic acid groups (broad SMARTS) is 1. The van der Waals surface area contributed by atoms with Crippen LogP contribution >= 0.6 is 0 Å². The number of anilines is 1. The van der Waals surface area contributed by atoms with Gasteiger partial charge in [-0.1, -0.05) is 0 Å². The number of carboxylic acids is 1. The van der Waals surface area contributed by atoms with Crippen LogP contribution in [0.4, 0.5) is 5.82 Å². The summed E-state index contributed by atoms with van der Waals surface area (Å²) < 4.78 is 0. The first-order chi connectivity index (χ1) is 8.47. The van der Waals surface area contributed by atoms with Crippen molar-refractivity contribution in [2.24, 2.45) is 0 Å². The van der Waals surface area contributed by atoms with Crippen LogP contribution in [0.5, 0.6) is 0 Å². The maximum atomic E-state index is 10.9. The molecule has 0 aliphatic carbocycles. The van der Waals surface area contributed by atoms with Crippen molar-refractivity contribution in [1.29, 1.82) is 5.26 Å². The minimum absolute atomic E-state index is 0.209. The molecule has 0 unspecified atom stereocenters. The Balaban J connectivity index is 3.03. The van der Waals surface area contributed by atoms with E-state index in [9.17, 15) is 4.79 Å². The lowest BCUT2D eigenvalue weighted by Gasteiger charge is -2.27. The number of nitrogens with zero attached hydrogens (tertiary/aromatic N) is 3. The van der Waals surface area contributed by atoms with Crippen LogP contribution in [-0.4, -0.2) is 28.6 Å². The van der Waals surface area contributed by atoms with E-state index in [1.54, 1.807) is 19.1 Å². The Labute approximate surface area is 107 Å². The quantitative estimate of drug-likeness (QED) is 0.863. The lowest BCUT2D eigenvalue weighted by molar-refractivity contribution is 0.0695. The molecule has 0 aliphatic rings. The number of pyridine rings is 1. The summed E-state index contributed by atoms with van der Waals surface area (Å²) in [5, 5.41) is 17.6. The Morgan fingerprint density at radius 2 is 2.22 bits per heavy atom. The van der Waals surface area contributed by atoms with Crippen LogP contribution in [0.3, 0.4) is 0 Å². The number of carbonyl (C=O) groups is 1. The van der Waals surface area contributed by atoms with Gasteiger partial charge in [-0.05, 0) is 32.9 Å². The van der Waals surface area contributed by atoms with E-state index in [1.165, 1.54) is 0 Å². The van der Waals surface area contributed by atoms with E-state index in [0.29, 0.717) is 24.5 Å². The van der Waals surface area contributed by atoms with Crippen LogP contribution in [-0.2, 0) is 0 Å². The minimum atomic E-state index is -0.973. The number of hydrogen-bond acceptors (Lipinski definition) is 4. The lowest BCUT2D eigenvalue weighted by atomic mass is 10.2.